The zero-order valence-corrected chi connectivity index (χ0v) is 12.4. The van der Waals surface area contributed by atoms with E-state index in [4.69, 9.17) is 11.6 Å². The first-order valence-electron chi connectivity index (χ1n) is 7.29. The molecule has 0 heterocycles. The number of alkyl halides is 1. The van der Waals surface area contributed by atoms with Crippen LogP contribution in [0.3, 0.4) is 0 Å². The predicted molar refractivity (Wildman–Crippen MR) is 83.3 cm³/mol. The lowest BCUT2D eigenvalue weighted by molar-refractivity contribution is 0.0930. The third kappa shape index (κ3) is 2.88. The molecule has 0 spiro atoms. The van der Waals surface area contributed by atoms with Crippen LogP contribution in [-0.4, -0.2) is 17.3 Å². The molecule has 2 atom stereocenters. The van der Waals surface area contributed by atoms with E-state index >= 15 is 0 Å². The van der Waals surface area contributed by atoms with Crippen molar-refractivity contribution in [2.45, 2.75) is 37.1 Å². The first-order chi connectivity index (χ1) is 10.2. The van der Waals surface area contributed by atoms with Crippen LogP contribution in [0.5, 0.6) is 0 Å². The molecule has 2 aromatic rings. The van der Waals surface area contributed by atoms with E-state index in [-0.39, 0.29) is 23.1 Å². The van der Waals surface area contributed by atoms with Gasteiger partial charge in [-0.1, -0.05) is 37.1 Å². The lowest BCUT2D eigenvalue weighted by Gasteiger charge is -2.28. The maximum absolute atomic E-state index is 13.8. The molecule has 1 N–H and O–H groups in total. The Labute approximate surface area is 128 Å². The van der Waals surface area contributed by atoms with Crippen molar-refractivity contribution < 1.29 is 9.18 Å². The Hall–Kier alpha value is -1.61. The Morgan fingerprint density at radius 1 is 1.10 bits per heavy atom. The number of rotatable bonds is 2. The summed E-state index contributed by atoms with van der Waals surface area (Å²) in [5, 5.41) is 4.09. The van der Waals surface area contributed by atoms with E-state index in [0.29, 0.717) is 16.3 Å². The molecular formula is C17H17ClFNO. The van der Waals surface area contributed by atoms with Crippen molar-refractivity contribution in [3.63, 3.8) is 0 Å². The minimum atomic E-state index is -0.310. The van der Waals surface area contributed by atoms with E-state index in [1.165, 1.54) is 6.07 Å². The lowest BCUT2D eigenvalue weighted by Crippen LogP contribution is -2.42. The van der Waals surface area contributed by atoms with Crippen LogP contribution in [0, 0.1) is 5.82 Å². The largest absolute Gasteiger partial charge is 0.348 e. The van der Waals surface area contributed by atoms with Crippen molar-refractivity contribution in [1.82, 2.24) is 5.32 Å². The zero-order valence-electron chi connectivity index (χ0n) is 11.6. The molecule has 3 rings (SSSR count). The summed E-state index contributed by atoms with van der Waals surface area (Å²) in [6, 6.07) is 9.91. The Morgan fingerprint density at radius 3 is 2.57 bits per heavy atom. The van der Waals surface area contributed by atoms with Crippen molar-refractivity contribution in [3.8, 4) is 0 Å². The SMILES string of the molecule is O=C(NC1CCCCC1Cl)c1ccc(F)c2ccccc12. The monoisotopic (exact) mass is 305 g/mol. The summed E-state index contributed by atoms with van der Waals surface area (Å²) >= 11 is 6.28. The van der Waals surface area contributed by atoms with Gasteiger partial charge in [-0.25, -0.2) is 4.39 Å². The molecular weight excluding hydrogens is 289 g/mol. The van der Waals surface area contributed by atoms with Crippen molar-refractivity contribution >= 4 is 28.3 Å². The first-order valence-corrected chi connectivity index (χ1v) is 7.72. The first kappa shape index (κ1) is 14.3. The summed E-state index contributed by atoms with van der Waals surface area (Å²) in [5.41, 5.74) is 0.501. The summed E-state index contributed by atoms with van der Waals surface area (Å²) in [7, 11) is 0. The fraction of sp³-hybridized carbons (Fsp3) is 0.353. The minimum absolute atomic E-state index is 0.00303. The fourth-order valence-electron chi connectivity index (χ4n) is 2.95. The van der Waals surface area contributed by atoms with Crippen molar-refractivity contribution in [2.75, 3.05) is 0 Å². The van der Waals surface area contributed by atoms with Gasteiger partial charge in [-0.2, -0.15) is 0 Å². The molecule has 1 aliphatic carbocycles. The Morgan fingerprint density at radius 2 is 1.81 bits per heavy atom. The number of benzene rings is 2. The summed E-state index contributed by atoms with van der Waals surface area (Å²) in [5.74, 6) is -0.487. The molecule has 0 aliphatic heterocycles. The van der Waals surface area contributed by atoms with Gasteiger partial charge in [0.05, 0.1) is 5.38 Å². The number of nitrogens with one attached hydrogen (secondary N) is 1. The molecule has 21 heavy (non-hydrogen) atoms. The van der Waals surface area contributed by atoms with Gasteiger partial charge in [0.25, 0.3) is 5.91 Å². The second kappa shape index (κ2) is 6.02. The maximum Gasteiger partial charge on any atom is 0.252 e. The summed E-state index contributed by atoms with van der Waals surface area (Å²) in [4.78, 5) is 12.5. The predicted octanol–water partition coefficient (Wildman–Crippen LogP) is 4.26. The molecule has 1 aliphatic rings. The van der Waals surface area contributed by atoms with Crippen LogP contribution in [0.25, 0.3) is 10.8 Å². The van der Waals surface area contributed by atoms with Crippen LogP contribution < -0.4 is 5.32 Å². The van der Waals surface area contributed by atoms with E-state index in [1.54, 1.807) is 24.3 Å². The highest BCUT2D eigenvalue weighted by Gasteiger charge is 2.25. The molecule has 0 aromatic heterocycles. The number of amides is 1. The fourth-order valence-corrected chi connectivity index (χ4v) is 3.30. The third-order valence-electron chi connectivity index (χ3n) is 4.11. The number of halogens is 2. The molecule has 0 radical (unpaired) electrons. The van der Waals surface area contributed by atoms with Crippen molar-refractivity contribution in [3.05, 3.63) is 47.8 Å². The lowest BCUT2D eigenvalue weighted by atomic mass is 9.94. The molecule has 0 bridgehead atoms. The highest BCUT2D eigenvalue weighted by Crippen LogP contribution is 2.25. The average Bonchev–Trinajstić information content (AvgIpc) is 2.50. The smallest absolute Gasteiger partial charge is 0.252 e. The molecule has 0 saturated heterocycles. The average molecular weight is 306 g/mol. The van der Waals surface area contributed by atoms with Crippen LogP contribution in [0.15, 0.2) is 36.4 Å². The van der Waals surface area contributed by atoms with E-state index in [1.807, 2.05) is 6.07 Å². The van der Waals surface area contributed by atoms with E-state index in [0.717, 1.165) is 25.7 Å². The third-order valence-corrected chi connectivity index (χ3v) is 4.64. The highest BCUT2D eigenvalue weighted by molar-refractivity contribution is 6.21. The van der Waals surface area contributed by atoms with Crippen LogP contribution in [0.1, 0.15) is 36.0 Å². The number of fused-ring (bicyclic) bond motifs is 1. The van der Waals surface area contributed by atoms with Gasteiger partial charge in [0.15, 0.2) is 0 Å². The molecule has 2 unspecified atom stereocenters. The van der Waals surface area contributed by atoms with E-state index < -0.39 is 0 Å². The second-order valence-corrected chi connectivity index (χ2v) is 6.08. The Balaban J connectivity index is 1.89. The van der Waals surface area contributed by atoms with Gasteiger partial charge in [0.2, 0.25) is 0 Å². The Kier molecular flexibility index (Phi) is 4.11. The van der Waals surface area contributed by atoms with Gasteiger partial charge in [0, 0.05) is 17.0 Å². The topological polar surface area (TPSA) is 29.1 Å². The molecule has 1 fully saturated rings. The van der Waals surface area contributed by atoms with Gasteiger partial charge in [0.1, 0.15) is 5.82 Å². The van der Waals surface area contributed by atoms with Crippen LogP contribution in [0.4, 0.5) is 4.39 Å². The van der Waals surface area contributed by atoms with E-state index in [2.05, 4.69) is 5.32 Å². The van der Waals surface area contributed by atoms with Gasteiger partial charge < -0.3 is 5.32 Å². The number of carbonyl (C=O) groups excluding carboxylic acids is 1. The van der Waals surface area contributed by atoms with Crippen LogP contribution >= 0.6 is 11.6 Å². The van der Waals surface area contributed by atoms with Gasteiger partial charge in [-0.05, 0) is 30.4 Å². The molecule has 2 aromatic carbocycles. The molecule has 2 nitrogen and oxygen atoms in total. The summed E-state index contributed by atoms with van der Waals surface area (Å²) in [6.45, 7) is 0. The van der Waals surface area contributed by atoms with Crippen LogP contribution in [0.2, 0.25) is 0 Å². The standard InChI is InChI=1S/C17H17ClFNO/c18-14-7-3-4-8-16(14)20-17(21)13-9-10-15(19)12-6-2-1-5-11(12)13/h1-2,5-6,9-10,14,16H,3-4,7-8H2,(H,20,21). The van der Waals surface area contributed by atoms with Gasteiger partial charge in [-0.15, -0.1) is 11.6 Å². The quantitative estimate of drug-likeness (QED) is 0.825. The van der Waals surface area contributed by atoms with E-state index in [9.17, 15) is 9.18 Å². The molecule has 4 heteroatoms. The molecule has 1 saturated carbocycles. The minimum Gasteiger partial charge on any atom is -0.348 e. The zero-order chi connectivity index (χ0) is 14.8. The highest BCUT2D eigenvalue weighted by atomic mass is 35.5. The number of carbonyl (C=O) groups is 1. The molecule has 1 amide bonds. The summed E-state index contributed by atoms with van der Waals surface area (Å²) in [6.07, 6.45) is 4.02. The second-order valence-electron chi connectivity index (χ2n) is 5.52. The van der Waals surface area contributed by atoms with Crippen LogP contribution in [-0.2, 0) is 0 Å². The van der Waals surface area contributed by atoms with Crippen molar-refractivity contribution in [2.24, 2.45) is 0 Å². The number of hydrogen-bond donors (Lipinski definition) is 1. The molecule has 110 valence electrons. The summed E-state index contributed by atoms with van der Waals surface area (Å²) < 4.78 is 13.8. The van der Waals surface area contributed by atoms with Crippen molar-refractivity contribution in [1.29, 1.82) is 0 Å². The number of hydrogen-bond acceptors (Lipinski definition) is 1. The Bertz CT molecular complexity index is 673. The maximum atomic E-state index is 13.8. The van der Waals surface area contributed by atoms with Gasteiger partial charge in [-0.3, -0.25) is 4.79 Å². The normalized spacial score (nSPS) is 22.2. The van der Waals surface area contributed by atoms with Gasteiger partial charge >= 0.3 is 0 Å².